The molecule has 3 nitrogen and oxygen atoms in total. The number of hydrogen-bond acceptors (Lipinski definition) is 3. The first-order chi connectivity index (χ1) is 11.3. The molecule has 1 aromatic carbocycles. The number of aromatic nitrogens is 2. The second kappa shape index (κ2) is 7.35. The van der Waals surface area contributed by atoms with Gasteiger partial charge in [-0.1, -0.05) is 47.5 Å². The molecule has 0 atom stereocenters. The van der Waals surface area contributed by atoms with Gasteiger partial charge in [-0.15, -0.1) is 5.54 Å². The van der Waals surface area contributed by atoms with E-state index in [1.54, 1.807) is 13.3 Å². The van der Waals surface area contributed by atoms with Crippen molar-refractivity contribution in [2.75, 3.05) is 7.11 Å². The Kier molecular flexibility index (Phi) is 5.66. The Bertz CT molecular complexity index is 750. The number of nitrogens with zero attached hydrogens (tertiary/aromatic N) is 2. The van der Waals surface area contributed by atoms with Crippen molar-refractivity contribution in [2.24, 2.45) is 0 Å². The Morgan fingerprint density at radius 1 is 0.958 bits per heavy atom. The number of benzene rings is 1. The van der Waals surface area contributed by atoms with Crippen molar-refractivity contribution in [1.82, 2.24) is 9.97 Å². The van der Waals surface area contributed by atoms with Gasteiger partial charge in [0.25, 0.3) is 0 Å². The molecule has 1 heterocycles. The molecule has 0 aliphatic carbocycles. The molecular formula is C20H28N2OSi. The summed E-state index contributed by atoms with van der Waals surface area (Å²) >= 11 is 0. The van der Waals surface area contributed by atoms with Crippen LogP contribution in [0.4, 0.5) is 0 Å². The van der Waals surface area contributed by atoms with Gasteiger partial charge in [-0.05, 0) is 34.8 Å². The van der Waals surface area contributed by atoms with E-state index in [0.717, 1.165) is 16.6 Å². The minimum absolute atomic E-state index is 0.530. The van der Waals surface area contributed by atoms with Crippen LogP contribution in [-0.2, 0) is 0 Å². The summed E-state index contributed by atoms with van der Waals surface area (Å²) in [6.45, 7) is 14.0. The van der Waals surface area contributed by atoms with Gasteiger partial charge in [-0.3, -0.25) is 0 Å². The van der Waals surface area contributed by atoms with E-state index in [4.69, 9.17) is 4.74 Å². The summed E-state index contributed by atoms with van der Waals surface area (Å²) in [6, 6.07) is 6.03. The monoisotopic (exact) mass is 340 g/mol. The van der Waals surface area contributed by atoms with Gasteiger partial charge in [0.15, 0.2) is 0 Å². The van der Waals surface area contributed by atoms with Crippen LogP contribution in [0.15, 0.2) is 24.4 Å². The topological polar surface area (TPSA) is 35.0 Å². The minimum Gasteiger partial charge on any atom is -0.480 e. The van der Waals surface area contributed by atoms with E-state index in [2.05, 4.69) is 63.0 Å². The zero-order chi connectivity index (χ0) is 17.9. The summed E-state index contributed by atoms with van der Waals surface area (Å²) in [4.78, 5) is 8.82. The SMILES string of the molecule is COc1cnc2ccc(C#C[Si](C(C)C)(C(C)C)C(C)C)cc2n1. The molecule has 0 saturated carbocycles. The summed E-state index contributed by atoms with van der Waals surface area (Å²) in [6.07, 6.45) is 1.64. The third-order valence-corrected chi connectivity index (χ3v) is 11.3. The number of fused-ring (bicyclic) bond motifs is 1. The van der Waals surface area contributed by atoms with Crippen molar-refractivity contribution in [3.63, 3.8) is 0 Å². The lowest BCUT2D eigenvalue weighted by Crippen LogP contribution is -2.43. The maximum atomic E-state index is 5.17. The van der Waals surface area contributed by atoms with E-state index in [-0.39, 0.29) is 0 Å². The second-order valence-corrected chi connectivity index (χ2v) is 12.8. The Morgan fingerprint density at radius 2 is 1.58 bits per heavy atom. The Labute approximate surface area is 146 Å². The van der Waals surface area contributed by atoms with Crippen molar-refractivity contribution in [3.05, 3.63) is 30.0 Å². The van der Waals surface area contributed by atoms with E-state index in [0.29, 0.717) is 22.5 Å². The van der Waals surface area contributed by atoms with Gasteiger partial charge >= 0.3 is 0 Å². The largest absolute Gasteiger partial charge is 0.480 e. The van der Waals surface area contributed by atoms with Gasteiger partial charge in [0, 0.05) is 5.56 Å². The van der Waals surface area contributed by atoms with Crippen molar-refractivity contribution >= 4 is 19.1 Å². The second-order valence-electron chi connectivity index (χ2n) is 7.26. The van der Waals surface area contributed by atoms with Crippen LogP contribution in [0, 0.1) is 11.5 Å². The van der Waals surface area contributed by atoms with Gasteiger partial charge in [0.05, 0.1) is 24.3 Å². The molecule has 24 heavy (non-hydrogen) atoms. The quantitative estimate of drug-likeness (QED) is 0.566. The van der Waals surface area contributed by atoms with Gasteiger partial charge in [-0.2, -0.15) is 0 Å². The van der Waals surface area contributed by atoms with Gasteiger partial charge in [-0.25, -0.2) is 9.97 Å². The molecule has 0 bridgehead atoms. The summed E-state index contributed by atoms with van der Waals surface area (Å²) < 4.78 is 5.17. The molecule has 0 fully saturated rings. The van der Waals surface area contributed by atoms with Crippen molar-refractivity contribution < 1.29 is 4.74 Å². The number of rotatable bonds is 4. The molecule has 2 rings (SSSR count). The van der Waals surface area contributed by atoms with Crippen LogP contribution in [0.1, 0.15) is 47.1 Å². The summed E-state index contributed by atoms with van der Waals surface area (Å²) in [5.41, 5.74) is 8.33. The lowest BCUT2D eigenvalue weighted by atomic mass is 10.2. The maximum absolute atomic E-state index is 5.17. The van der Waals surface area contributed by atoms with Crippen LogP contribution < -0.4 is 4.74 Å². The van der Waals surface area contributed by atoms with Crippen LogP contribution in [0.25, 0.3) is 11.0 Å². The highest BCUT2D eigenvalue weighted by Gasteiger charge is 2.41. The predicted octanol–water partition coefficient (Wildman–Crippen LogP) is 5.21. The van der Waals surface area contributed by atoms with Crippen LogP contribution in [-0.4, -0.2) is 25.2 Å². The molecule has 1 aromatic heterocycles. The fourth-order valence-electron chi connectivity index (χ4n) is 3.78. The minimum atomic E-state index is -1.72. The van der Waals surface area contributed by atoms with Crippen LogP contribution in [0.2, 0.25) is 16.6 Å². The van der Waals surface area contributed by atoms with E-state index in [9.17, 15) is 0 Å². The third-order valence-electron chi connectivity index (χ3n) is 5.02. The first kappa shape index (κ1) is 18.5. The smallest absolute Gasteiger partial charge is 0.232 e. The van der Waals surface area contributed by atoms with E-state index >= 15 is 0 Å². The Balaban J connectivity index is 2.49. The normalized spacial score (nSPS) is 11.9. The highest BCUT2D eigenvalue weighted by atomic mass is 28.3. The number of methoxy groups -OCH3 is 1. The lowest BCUT2D eigenvalue weighted by Gasteiger charge is -2.38. The highest BCUT2D eigenvalue weighted by Crippen LogP contribution is 2.40. The first-order valence-electron chi connectivity index (χ1n) is 8.65. The summed E-state index contributed by atoms with van der Waals surface area (Å²) in [7, 11) is -0.113. The van der Waals surface area contributed by atoms with E-state index in [1.165, 1.54) is 0 Å². The lowest BCUT2D eigenvalue weighted by molar-refractivity contribution is 0.397. The molecule has 0 spiro atoms. The van der Waals surface area contributed by atoms with E-state index in [1.807, 2.05) is 18.2 Å². The molecule has 2 aromatic rings. The number of hydrogen-bond donors (Lipinski definition) is 0. The maximum Gasteiger partial charge on any atom is 0.232 e. The molecule has 4 heteroatoms. The number of ether oxygens (including phenoxy) is 1. The zero-order valence-corrected chi connectivity index (χ0v) is 16.8. The molecule has 0 N–H and O–H groups in total. The van der Waals surface area contributed by atoms with E-state index < -0.39 is 8.07 Å². The molecule has 0 aliphatic heterocycles. The van der Waals surface area contributed by atoms with Crippen LogP contribution in [0.5, 0.6) is 5.88 Å². The zero-order valence-electron chi connectivity index (χ0n) is 15.8. The van der Waals surface area contributed by atoms with Crippen LogP contribution in [0.3, 0.4) is 0 Å². The Morgan fingerprint density at radius 3 is 2.12 bits per heavy atom. The molecular weight excluding hydrogens is 312 g/mol. The molecule has 0 unspecified atom stereocenters. The van der Waals surface area contributed by atoms with Crippen molar-refractivity contribution in [2.45, 2.75) is 58.2 Å². The molecule has 0 aliphatic rings. The molecule has 0 saturated heterocycles. The molecule has 0 radical (unpaired) electrons. The van der Waals surface area contributed by atoms with Gasteiger partial charge < -0.3 is 4.74 Å². The standard InChI is InChI=1S/C20H28N2OSi/c1-14(2)24(15(3)4,16(5)6)11-10-17-8-9-18-19(12-17)22-20(23-7)13-21-18/h8-9,12-16H,1-7H3. The fourth-order valence-corrected chi connectivity index (χ4v) is 9.01. The summed E-state index contributed by atoms with van der Waals surface area (Å²) in [5, 5.41) is 0. The van der Waals surface area contributed by atoms with Crippen molar-refractivity contribution in [1.29, 1.82) is 0 Å². The Hall–Kier alpha value is -1.86. The summed E-state index contributed by atoms with van der Waals surface area (Å²) in [5.74, 6) is 3.99. The molecule has 0 amide bonds. The average Bonchev–Trinajstić information content (AvgIpc) is 2.53. The van der Waals surface area contributed by atoms with Crippen LogP contribution >= 0.6 is 0 Å². The fraction of sp³-hybridized carbons (Fsp3) is 0.500. The van der Waals surface area contributed by atoms with Gasteiger partial charge in [0.1, 0.15) is 8.07 Å². The van der Waals surface area contributed by atoms with Crippen molar-refractivity contribution in [3.8, 4) is 17.3 Å². The first-order valence-corrected chi connectivity index (χ1v) is 10.9. The average molecular weight is 341 g/mol. The highest BCUT2D eigenvalue weighted by molar-refractivity contribution is 6.90. The van der Waals surface area contributed by atoms with Gasteiger partial charge in [0.2, 0.25) is 5.88 Å². The third kappa shape index (κ3) is 3.46. The predicted molar refractivity (Wildman–Crippen MR) is 104 cm³/mol. The molecule has 128 valence electrons.